The van der Waals surface area contributed by atoms with Crippen LogP contribution in [0.2, 0.25) is 0 Å². The predicted molar refractivity (Wildman–Crippen MR) is 233 cm³/mol. The van der Waals surface area contributed by atoms with E-state index in [1.54, 1.807) is 0 Å². The number of benzene rings is 7. The van der Waals surface area contributed by atoms with Gasteiger partial charge >= 0.3 is 0 Å². The Bertz CT molecular complexity index is 2870. The summed E-state index contributed by atoms with van der Waals surface area (Å²) in [6.07, 6.45) is 1.92. The number of aryl methyl sites for hydroxylation is 1. The molecule has 10 rings (SSSR count). The first kappa shape index (κ1) is 37.3. The molecule has 1 aliphatic heterocycles. The summed E-state index contributed by atoms with van der Waals surface area (Å²) in [5.74, 6) is 0.845. The minimum absolute atomic E-state index is 0. The minimum atomic E-state index is -0.804. The molecule has 3 heterocycles. The van der Waals surface area contributed by atoms with E-state index in [-0.39, 0.29) is 27.1 Å². The Morgan fingerprint density at radius 3 is 2.00 bits per heavy atom. The molecule has 1 N–H and O–H groups in total. The van der Waals surface area contributed by atoms with Gasteiger partial charge in [0.25, 0.3) is 0 Å². The quantitative estimate of drug-likeness (QED) is 0.0865. The number of hydrogen-bond donors (Lipinski definition) is 0. The topological polar surface area (TPSA) is 37.1 Å². The number of aromatic nitrogens is 2. The summed E-state index contributed by atoms with van der Waals surface area (Å²) in [5, 5.41) is 6.38. The zero-order valence-electron chi connectivity index (χ0n) is 32.5. The predicted octanol–water partition coefficient (Wildman–Crippen LogP) is 12.3. The van der Waals surface area contributed by atoms with Crippen LogP contribution in [0.4, 0.5) is 17.1 Å². The number of rotatable bonds is 8. The van der Waals surface area contributed by atoms with Crippen molar-refractivity contribution in [3.63, 3.8) is 0 Å². The first-order chi connectivity index (χ1) is 28.0. The van der Waals surface area contributed by atoms with Crippen LogP contribution in [0.1, 0.15) is 41.7 Å². The fourth-order valence-electron chi connectivity index (χ4n) is 8.65. The molecule has 9 aromatic rings. The molecule has 0 unspecified atom stereocenters. The minimum Gasteiger partial charge on any atom is -0.319 e. The van der Waals surface area contributed by atoms with Crippen molar-refractivity contribution in [2.45, 2.75) is 32.2 Å². The van der Waals surface area contributed by atoms with E-state index in [1.165, 1.54) is 11.1 Å². The summed E-state index contributed by atoms with van der Waals surface area (Å²) < 4.78 is 2.28. The molecule has 0 bridgehead atoms. The molecule has 0 saturated carbocycles. The van der Waals surface area contributed by atoms with E-state index in [0.29, 0.717) is 0 Å². The average molecular weight is 933 g/mol. The third kappa shape index (κ3) is 6.05. The zero-order chi connectivity index (χ0) is 38.5. The Morgan fingerprint density at radius 1 is 0.603 bits per heavy atom. The van der Waals surface area contributed by atoms with E-state index >= 15 is 0 Å². The third-order valence-electron chi connectivity index (χ3n) is 11.3. The summed E-state index contributed by atoms with van der Waals surface area (Å²) in [4.78, 5) is 10.1. The van der Waals surface area contributed by atoms with E-state index in [4.69, 9.17) is 9.92 Å². The molecular formula is C52H41N4OPt-. The molecule has 0 atom stereocenters. The molecular weight excluding hydrogens is 892 g/mol. The standard InChI is InChI=1S/C52H40N4O.Pt/c1-36(2)55-48-27-14-15-28-49(48)56(57-55)43-23-16-22-41(34-43)52(39-18-6-4-7-19-39,40-20-8-5-9-21-40)42-29-30-46-45-25-12-13-26-47(45)54(50(46)35-42)51-33-38(31-32-53-51)44-24-11-10-17-37(44)3;/h4-33,36H,1-3H3;/q-2;/p+1. The fourth-order valence-corrected chi connectivity index (χ4v) is 8.65. The van der Waals surface area contributed by atoms with E-state index < -0.39 is 5.41 Å². The molecule has 0 amide bonds. The number of hydroxylamine groups is 1. The molecule has 0 radical (unpaired) electrons. The van der Waals surface area contributed by atoms with Crippen LogP contribution in [0.25, 0.3) is 38.8 Å². The second kappa shape index (κ2) is 15.2. The second-order valence-electron chi connectivity index (χ2n) is 15.0. The van der Waals surface area contributed by atoms with Crippen molar-refractivity contribution < 1.29 is 26.0 Å². The van der Waals surface area contributed by atoms with Crippen molar-refractivity contribution in [3.05, 3.63) is 222 Å². The van der Waals surface area contributed by atoms with E-state index in [9.17, 15) is 0 Å². The Morgan fingerprint density at radius 2 is 1.26 bits per heavy atom. The number of anilines is 3. The maximum Gasteiger partial charge on any atom is 0.145 e. The monoisotopic (exact) mass is 932 g/mol. The fraction of sp³-hybridized carbons (Fsp3) is 0.0962. The van der Waals surface area contributed by atoms with Crippen molar-refractivity contribution in [2.75, 3.05) is 10.1 Å². The van der Waals surface area contributed by atoms with Crippen LogP contribution in [0, 0.1) is 19.1 Å². The van der Waals surface area contributed by atoms with Gasteiger partial charge in [0.2, 0.25) is 0 Å². The normalized spacial score (nSPS) is 12.6. The van der Waals surface area contributed by atoms with Crippen molar-refractivity contribution in [1.82, 2.24) is 9.55 Å². The first-order valence-electron chi connectivity index (χ1n) is 19.5. The summed E-state index contributed by atoms with van der Waals surface area (Å²) in [6, 6.07) is 70.5. The van der Waals surface area contributed by atoms with Crippen molar-refractivity contribution in [1.29, 1.82) is 0 Å². The summed E-state index contributed by atoms with van der Waals surface area (Å²) in [5.41, 5.74) is 12.0. The number of hydrogen-bond acceptors (Lipinski definition) is 3. The van der Waals surface area contributed by atoms with E-state index in [1.807, 2.05) is 11.3 Å². The van der Waals surface area contributed by atoms with Gasteiger partial charge in [0.1, 0.15) is 17.2 Å². The molecule has 1 aliphatic rings. The van der Waals surface area contributed by atoms with Gasteiger partial charge in [-0.1, -0.05) is 121 Å². The first-order valence-corrected chi connectivity index (χ1v) is 19.5. The molecule has 58 heavy (non-hydrogen) atoms. The Balaban J connectivity index is 0.00000436. The number of fused-ring (bicyclic) bond motifs is 4. The Kier molecular flexibility index (Phi) is 9.81. The van der Waals surface area contributed by atoms with Crippen molar-refractivity contribution >= 4 is 38.9 Å². The molecule has 7 aromatic carbocycles. The van der Waals surface area contributed by atoms with Gasteiger partial charge in [-0.05, 0) is 84.3 Å². The summed E-state index contributed by atoms with van der Waals surface area (Å²) >= 11 is 0. The van der Waals surface area contributed by atoms with Crippen LogP contribution >= 0.6 is 0 Å². The maximum absolute atomic E-state index is 5.13. The molecule has 0 fully saturated rings. The zero-order valence-corrected chi connectivity index (χ0v) is 34.7. The number of para-hydroxylation sites is 3. The van der Waals surface area contributed by atoms with Gasteiger partial charge in [-0.25, -0.2) is 4.98 Å². The van der Waals surface area contributed by atoms with Crippen LogP contribution in [-0.2, 0) is 26.5 Å². The number of pyridine rings is 1. The largest absolute Gasteiger partial charge is 0.319 e. The van der Waals surface area contributed by atoms with E-state index in [0.717, 1.165) is 72.5 Å². The van der Waals surface area contributed by atoms with Crippen molar-refractivity contribution in [3.8, 4) is 16.9 Å². The van der Waals surface area contributed by atoms with Crippen LogP contribution in [0.5, 0.6) is 0 Å². The Labute approximate surface area is 354 Å². The van der Waals surface area contributed by atoms with Crippen molar-refractivity contribution in [2.24, 2.45) is 0 Å². The van der Waals surface area contributed by atoms with Gasteiger partial charge in [-0.2, -0.15) is 35.3 Å². The van der Waals surface area contributed by atoms with Gasteiger partial charge in [-0.15, -0.1) is 38.8 Å². The smallest absolute Gasteiger partial charge is 0.145 e. The van der Waals surface area contributed by atoms with Crippen LogP contribution in [0.3, 0.4) is 0 Å². The molecule has 0 spiro atoms. The molecule has 0 saturated heterocycles. The van der Waals surface area contributed by atoms with Crippen LogP contribution < -0.4 is 10.1 Å². The average Bonchev–Trinajstić information content (AvgIpc) is 3.82. The van der Waals surface area contributed by atoms with E-state index in [2.05, 4.69) is 218 Å². The van der Waals surface area contributed by atoms with Gasteiger partial charge in [0, 0.05) is 43.9 Å². The third-order valence-corrected chi connectivity index (χ3v) is 11.3. The summed E-state index contributed by atoms with van der Waals surface area (Å²) in [7, 11) is 0. The van der Waals surface area contributed by atoms with Gasteiger partial charge in [0.05, 0.1) is 6.04 Å². The Hall–Kier alpha value is -6.26. The molecule has 5 nitrogen and oxygen atoms in total. The summed E-state index contributed by atoms with van der Waals surface area (Å²) in [6.45, 7) is 6.49. The number of nitrogens with zero attached hydrogens (tertiary/aromatic N) is 4. The molecule has 6 heteroatoms. The molecule has 0 aliphatic carbocycles. The molecule has 2 aromatic heterocycles. The van der Waals surface area contributed by atoms with Gasteiger partial charge in [-0.3, -0.25) is 0 Å². The van der Waals surface area contributed by atoms with Gasteiger partial charge in [0.15, 0.2) is 0 Å². The van der Waals surface area contributed by atoms with Gasteiger partial charge < -0.3 is 4.57 Å². The maximum atomic E-state index is 5.13. The second-order valence-corrected chi connectivity index (χ2v) is 15.0. The van der Waals surface area contributed by atoms with Crippen LogP contribution in [0.15, 0.2) is 182 Å². The SMILES string of the molecule is Cc1ccccc1-c1ccnc(-n2c3[c-]c(C(c4[c-]c(N5[OH+]N(C(C)C)c6ccccc65)ccc4)(c4ccccc4)c4ccccc4)ccc3c3ccccc32)c1.[Pt]. The van der Waals surface area contributed by atoms with Crippen LogP contribution in [-0.4, -0.2) is 20.5 Å². The molecule has 286 valence electrons.